The molecule has 0 aromatic heterocycles. The van der Waals surface area contributed by atoms with Gasteiger partial charge in [0.15, 0.2) is 0 Å². The first-order valence-corrected chi connectivity index (χ1v) is 9.52. The van der Waals surface area contributed by atoms with Gasteiger partial charge in [-0.2, -0.15) is 0 Å². The van der Waals surface area contributed by atoms with E-state index in [1.165, 1.54) is 0 Å². The Morgan fingerprint density at radius 1 is 0.885 bits per heavy atom. The van der Waals surface area contributed by atoms with Gasteiger partial charge in [0, 0.05) is 21.9 Å². The van der Waals surface area contributed by atoms with Crippen molar-refractivity contribution in [2.75, 3.05) is 5.32 Å². The molecule has 26 heavy (non-hydrogen) atoms. The van der Waals surface area contributed by atoms with Crippen LogP contribution in [0.5, 0.6) is 5.75 Å². The summed E-state index contributed by atoms with van der Waals surface area (Å²) in [4.78, 5) is 2.08. The van der Waals surface area contributed by atoms with E-state index in [-0.39, 0.29) is 12.4 Å². The van der Waals surface area contributed by atoms with Gasteiger partial charge in [-0.25, -0.2) is 0 Å². The third kappa shape index (κ3) is 4.46. The predicted octanol–water partition coefficient (Wildman–Crippen LogP) is 5.95. The monoisotopic (exact) mass is 405 g/mol. The molecular formula is C20H17Cl2NO2S. The van der Waals surface area contributed by atoms with E-state index in [0.29, 0.717) is 27.8 Å². The Labute approximate surface area is 166 Å². The van der Waals surface area contributed by atoms with E-state index in [0.717, 1.165) is 15.4 Å². The third-order valence-corrected chi connectivity index (χ3v) is 5.70. The molecule has 3 nitrogen and oxygen atoms in total. The molecule has 0 saturated heterocycles. The van der Waals surface area contributed by atoms with Gasteiger partial charge in [0.1, 0.15) is 5.75 Å². The third-order valence-electron chi connectivity index (χ3n) is 3.85. The molecule has 134 valence electrons. The smallest absolute Gasteiger partial charge is 0.144 e. The van der Waals surface area contributed by atoms with Crippen molar-refractivity contribution in [3.8, 4) is 5.75 Å². The molecule has 0 spiro atoms. The molecular weight excluding hydrogens is 389 g/mol. The number of halogens is 2. The maximum Gasteiger partial charge on any atom is 0.144 e. The highest BCUT2D eigenvalue weighted by Gasteiger charge is 2.09. The first-order valence-electron chi connectivity index (χ1n) is 7.95. The second-order valence-corrected chi connectivity index (χ2v) is 7.54. The highest BCUT2D eigenvalue weighted by atomic mass is 35.5. The van der Waals surface area contributed by atoms with Gasteiger partial charge in [-0.3, -0.25) is 0 Å². The molecule has 6 heteroatoms. The summed E-state index contributed by atoms with van der Waals surface area (Å²) >= 11 is 13.7. The van der Waals surface area contributed by atoms with Crippen LogP contribution in [0.3, 0.4) is 0 Å². The molecule has 0 saturated carbocycles. The van der Waals surface area contributed by atoms with E-state index in [9.17, 15) is 10.2 Å². The van der Waals surface area contributed by atoms with Crippen LogP contribution in [0.25, 0.3) is 0 Å². The zero-order valence-electron chi connectivity index (χ0n) is 13.7. The number of benzene rings is 3. The average Bonchev–Trinajstić information content (AvgIpc) is 2.65. The van der Waals surface area contributed by atoms with Gasteiger partial charge in [-0.05, 0) is 35.9 Å². The lowest BCUT2D eigenvalue weighted by Crippen LogP contribution is -2.02. The quantitative estimate of drug-likeness (QED) is 0.443. The van der Waals surface area contributed by atoms with Crippen LogP contribution in [0, 0.1) is 0 Å². The Balaban J connectivity index is 1.78. The summed E-state index contributed by atoms with van der Waals surface area (Å²) < 4.78 is 0. The molecule has 0 radical (unpaired) electrons. The summed E-state index contributed by atoms with van der Waals surface area (Å²) in [6.45, 7) is 0.331. The molecule has 3 aromatic carbocycles. The number of rotatable bonds is 6. The molecule has 0 fully saturated rings. The van der Waals surface area contributed by atoms with Gasteiger partial charge in [0.25, 0.3) is 0 Å². The highest BCUT2D eigenvalue weighted by Crippen LogP contribution is 2.35. The van der Waals surface area contributed by atoms with E-state index < -0.39 is 0 Å². The van der Waals surface area contributed by atoms with Crippen LogP contribution in [0.4, 0.5) is 5.69 Å². The molecule has 3 N–H and O–H groups in total. The van der Waals surface area contributed by atoms with Crippen molar-refractivity contribution in [2.24, 2.45) is 0 Å². The highest BCUT2D eigenvalue weighted by molar-refractivity contribution is 7.99. The number of hydrogen-bond acceptors (Lipinski definition) is 4. The maximum atomic E-state index is 10.2. The van der Waals surface area contributed by atoms with Crippen LogP contribution in [0.1, 0.15) is 11.1 Å². The topological polar surface area (TPSA) is 52.5 Å². The van der Waals surface area contributed by atoms with E-state index in [4.69, 9.17) is 23.2 Å². The van der Waals surface area contributed by atoms with Crippen LogP contribution in [-0.4, -0.2) is 10.2 Å². The lowest BCUT2D eigenvalue weighted by atomic mass is 10.1. The minimum absolute atomic E-state index is 0.0737. The molecule has 3 rings (SSSR count). The number of phenols is 1. The van der Waals surface area contributed by atoms with Crippen LogP contribution < -0.4 is 5.32 Å². The number of anilines is 1. The zero-order chi connectivity index (χ0) is 18.5. The predicted molar refractivity (Wildman–Crippen MR) is 108 cm³/mol. The van der Waals surface area contributed by atoms with Crippen molar-refractivity contribution in [3.05, 3.63) is 81.8 Å². The fourth-order valence-corrected chi connectivity index (χ4v) is 3.82. The molecule has 0 atom stereocenters. The van der Waals surface area contributed by atoms with Crippen LogP contribution >= 0.6 is 35.0 Å². The Bertz CT molecular complexity index is 918. The number of aromatic hydroxyl groups is 1. The molecule has 0 bridgehead atoms. The van der Waals surface area contributed by atoms with E-state index in [1.54, 1.807) is 36.0 Å². The van der Waals surface area contributed by atoms with Crippen molar-refractivity contribution in [3.63, 3.8) is 0 Å². The maximum absolute atomic E-state index is 10.2. The Morgan fingerprint density at radius 2 is 1.65 bits per heavy atom. The van der Waals surface area contributed by atoms with Gasteiger partial charge in [-0.15, -0.1) is 0 Å². The largest absolute Gasteiger partial charge is 0.505 e. The van der Waals surface area contributed by atoms with E-state index in [1.807, 2.05) is 36.4 Å². The zero-order valence-corrected chi connectivity index (χ0v) is 16.1. The molecule has 0 aliphatic rings. The van der Waals surface area contributed by atoms with Crippen molar-refractivity contribution < 1.29 is 10.2 Å². The van der Waals surface area contributed by atoms with Gasteiger partial charge in [-0.1, -0.05) is 65.3 Å². The van der Waals surface area contributed by atoms with Crippen molar-refractivity contribution in [1.29, 1.82) is 0 Å². The lowest BCUT2D eigenvalue weighted by Gasteiger charge is -2.13. The van der Waals surface area contributed by atoms with Crippen LogP contribution in [0.2, 0.25) is 10.0 Å². The number of aliphatic hydroxyl groups is 1. The Morgan fingerprint density at radius 3 is 2.42 bits per heavy atom. The van der Waals surface area contributed by atoms with Crippen molar-refractivity contribution >= 4 is 40.7 Å². The van der Waals surface area contributed by atoms with Gasteiger partial charge < -0.3 is 15.5 Å². The summed E-state index contributed by atoms with van der Waals surface area (Å²) in [5.74, 6) is 0.0737. The van der Waals surface area contributed by atoms with Gasteiger partial charge in [0.2, 0.25) is 0 Å². The summed E-state index contributed by atoms with van der Waals surface area (Å²) in [6.07, 6.45) is 0. The summed E-state index contributed by atoms with van der Waals surface area (Å²) in [5, 5.41) is 23.7. The minimum Gasteiger partial charge on any atom is -0.505 e. The molecule has 0 aliphatic heterocycles. The standard InChI is InChI=1S/C20H17Cl2NO2S/c21-16-9-8-15(10-17(16)22)26-19-7-2-1-4-13(19)11-23-18-6-3-5-14(12-24)20(18)25/h1-10,23-25H,11-12H2. The van der Waals surface area contributed by atoms with Crippen LogP contribution in [-0.2, 0) is 13.2 Å². The normalized spacial score (nSPS) is 10.7. The lowest BCUT2D eigenvalue weighted by molar-refractivity contribution is 0.276. The number of hydrogen-bond donors (Lipinski definition) is 3. The van der Waals surface area contributed by atoms with Crippen LogP contribution in [0.15, 0.2) is 70.5 Å². The number of para-hydroxylation sites is 1. The fourth-order valence-electron chi connectivity index (χ4n) is 2.47. The van der Waals surface area contributed by atoms with Gasteiger partial charge in [0.05, 0.1) is 22.3 Å². The van der Waals surface area contributed by atoms with E-state index in [2.05, 4.69) is 5.32 Å². The molecule has 0 aliphatic carbocycles. The second-order valence-electron chi connectivity index (χ2n) is 5.61. The summed E-state index contributed by atoms with van der Waals surface area (Å²) in [5.41, 5.74) is 2.16. The van der Waals surface area contributed by atoms with E-state index >= 15 is 0 Å². The summed E-state index contributed by atoms with van der Waals surface area (Å²) in [6, 6.07) is 18.8. The van der Waals surface area contributed by atoms with Crippen molar-refractivity contribution in [1.82, 2.24) is 0 Å². The summed E-state index contributed by atoms with van der Waals surface area (Å²) in [7, 11) is 0. The molecule has 0 unspecified atom stereocenters. The first kappa shape index (κ1) is 18.9. The molecule has 3 aromatic rings. The SMILES string of the molecule is OCc1cccc(NCc2ccccc2Sc2ccc(Cl)c(Cl)c2)c1O. The number of nitrogens with one attached hydrogen (secondary N) is 1. The Kier molecular flexibility index (Phi) is 6.33. The van der Waals surface area contributed by atoms with Crippen molar-refractivity contribution in [2.45, 2.75) is 22.9 Å². The van der Waals surface area contributed by atoms with Gasteiger partial charge >= 0.3 is 0 Å². The molecule has 0 heterocycles. The fraction of sp³-hybridized carbons (Fsp3) is 0.100. The second kappa shape index (κ2) is 8.69. The first-order chi connectivity index (χ1) is 12.6. The Hall–Kier alpha value is -1.85. The average molecular weight is 406 g/mol. The number of aliphatic hydroxyl groups excluding tert-OH is 1. The minimum atomic E-state index is -0.203. The molecule has 0 amide bonds.